The molecule has 0 aliphatic rings. The van der Waals surface area contributed by atoms with Crippen molar-refractivity contribution in [2.45, 2.75) is 20.3 Å². The van der Waals surface area contributed by atoms with Gasteiger partial charge in [0.1, 0.15) is 5.75 Å². The molecule has 0 aliphatic carbocycles. The van der Waals surface area contributed by atoms with Crippen LogP contribution in [0.3, 0.4) is 0 Å². The fourth-order valence-corrected chi connectivity index (χ4v) is 1.57. The van der Waals surface area contributed by atoms with Gasteiger partial charge in [0.05, 0.1) is 0 Å². The number of ether oxygens (including phenoxy) is 2. The number of nitrogens with one attached hydrogen (secondary N) is 1. The summed E-state index contributed by atoms with van der Waals surface area (Å²) < 4.78 is 10.6. The molecule has 1 aromatic rings. The first-order valence-corrected chi connectivity index (χ1v) is 6.74. The van der Waals surface area contributed by atoms with Crippen LogP contribution in [0.1, 0.15) is 18.9 Å². The van der Waals surface area contributed by atoms with Crippen LogP contribution in [-0.2, 0) is 9.53 Å². The average molecular weight is 286 g/mol. The molecular formula is C14H20ClNO3. The summed E-state index contributed by atoms with van der Waals surface area (Å²) in [6.07, 6.45) is 0.805. The van der Waals surface area contributed by atoms with Crippen LogP contribution in [0.5, 0.6) is 5.75 Å². The lowest BCUT2D eigenvalue weighted by Gasteiger charge is -2.08. The van der Waals surface area contributed by atoms with E-state index in [1.54, 1.807) is 12.1 Å². The summed E-state index contributed by atoms with van der Waals surface area (Å²) in [6.45, 7) is 5.81. The molecule has 1 rings (SSSR count). The molecule has 0 fully saturated rings. The highest BCUT2D eigenvalue weighted by Crippen LogP contribution is 2.20. The fraction of sp³-hybridized carbons (Fsp3) is 0.500. The van der Waals surface area contributed by atoms with Crippen LogP contribution in [0.15, 0.2) is 18.2 Å². The maximum atomic E-state index is 11.5. The molecule has 0 saturated heterocycles. The van der Waals surface area contributed by atoms with Gasteiger partial charge in [-0.2, -0.15) is 0 Å². The molecule has 5 heteroatoms. The van der Waals surface area contributed by atoms with Gasteiger partial charge in [-0.1, -0.05) is 11.6 Å². The number of halogens is 1. The third kappa shape index (κ3) is 6.45. The van der Waals surface area contributed by atoms with Gasteiger partial charge in [0.2, 0.25) is 0 Å². The number of rotatable bonds is 8. The van der Waals surface area contributed by atoms with Crippen LogP contribution >= 0.6 is 11.6 Å². The number of aryl methyl sites for hydroxylation is 1. The van der Waals surface area contributed by atoms with E-state index in [0.29, 0.717) is 30.5 Å². The van der Waals surface area contributed by atoms with Crippen molar-refractivity contribution in [1.82, 2.24) is 5.32 Å². The van der Waals surface area contributed by atoms with Gasteiger partial charge in [0, 0.05) is 24.8 Å². The molecule has 4 nitrogen and oxygen atoms in total. The van der Waals surface area contributed by atoms with Gasteiger partial charge in [-0.05, 0) is 44.0 Å². The van der Waals surface area contributed by atoms with E-state index in [4.69, 9.17) is 21.1 Å². The lowest BCUT2D eigenvalue weighted by atomic mass is 10.2. The van der Waals surface area contributed by atoms with Crippen LogP contribution in [-0.4, -0.2) is 32.3 Å². The predicted octanol–water partition coefficient (Wildman–Crippen LogP) is 2.57. The van der Waals surface area contributed by atoms with Crippen LogP contribution in [0.4, 0.5) is 0 Å². The van der Waals surface area contributed by atoms with Crippen LogP contribution in [0.25, 0.3) is 0 Å². The van der Waals surface area contributed by atoms with E-state index in [9.17, 15) is 4.79 Å². The van der Waals surface area contributed by atoms with Gasteiger partial charge in [-0.25, -0.2) is 0 Å². The van der Waals surface area contributed by atoms with Gasteiger partial charge in [-0.15, -0.1) is 0 Å². The van der Waals surface area contributed by atoms with Gasteiger partial charge < -0.3 is 14.8 Å². The highest BCUT2D eigenvalue weighted by Gasteiger charge is 2.03. The maximum absolute atomic E-state index is 11.5. The van der Waals surface area contributed by atoms with E-state index < -0.39 is 0 Å². The molecule has 0 saturated carbocycles. The zero-order chi connectivity index (χ0) is 14.1. The number of amides is 1. The number of benzene rings is 1. The third-order valence-electron chi connectivity index (χ3n) is 2.49. The Morgan fingerprint density at radius 2 is 2.21 bits per heavy atom. The molecule has 106 valence electrons. The molecule has 19 heavy (non-hydrogen) atoms. The zero-order valence-corrected chi connectivity index (χ0v) is 12.1. The largest absolute Gasteiger partial charge is 0.484 e. The van der Waals surface area contributed by atoms with Gasteiger partial charge in [0.25, 0.3) is 5.91 Å². The van der Waals surface area contributed by atoms with E-state index in [2.05, 4.69) is 5.32 Å². The van der Waals surface area contributed by atoms with E-state index >= 15 is 0 Å². The molecule has 0 spiro atoms. The van der Waals surface area contributed by atoms with Crippen molar-refractivity contribution in [2.24, 2.45) is 0 Å². The average Bonchev–Trinajstić information content (AvgIpc) is 2.40. The van der Waals surface area contributed by atoms with Crippen molar-refractivity contribution < 1.29 is 14.3 Å². The minimum atomic E-state index is -0.135. The Hall–Kier alpha value is -1.26. The molecular weight excluding hydrogens is 266 g/mol. The van der Waals surface area contributed by atoms with Gasteiger partial charge >= 0.3 is 0 Å². The first-order chi connectivity index (χ1) is 9.13. The van der Waals surface area contributed by atoms with Crippen molar-refractivity contribution in [2.75, 3.05) is 26.4 Å². The molecule has 0 atom stereocenters. The number of hydrogen-bond acceptors (Lipinski definition) is 3. The highest BCUT2D eigenvalue weighted by atomic mass is 35.5. The van der Waals surface area contributed by atoms with Gasteiger partial charge in [0.15, 0.2) is 6.61 Å². The summed E-state index contributed by atoms with van der Waals surface area (Å²) >= 11 is 5.91. The lowest BCUT2D eigenvalue weighted by molar-refractivity contribution is -0.123. The number of hydrogen-bond donors (Lipinski definition) is 1. The first kappa shape index (κ1) is 15.8. The zero-order valence-electron chi connectivity index (χ0n) is 11.4. The molecule has 0 heterocycles. The Labute approximate surface area is 119 Å². The number of carbonyl (C=O) groups is 1. The van der Waals surface area contributed by atoms with Crippen molar-refractivity contribution >= 4 is 17.5 Å². The smallest absolute Gasteiger partial charge is 0.257 e. The SMILES string of the molecule is CCOCCCNC(=O)COc1ccc(Cl)c(C)c1. The topological polar surface area (TPSA) is 47.6 Å². The van der Waals surface area contributed by atoms with E-state index in [-0.39, 0.29) is 12.5 Å². The summed E-state index contributed by atoms with van der Waals surface area (Å²) in [5, 5.41) is 3.46. The Morgan fingerprint density at radius 3 is 2.89 bits per heavy atom. The Kier molecular flexibility index (Phi) is 7.30. The van der Waals surface area contributed by atoms with Crippen LogP contribution in [0.2, 0.25) is 5.02 Å². The van der Waals surface area contributed by atoms with Crippen molar-refractivity contribution in [3.63, 3.8) is 0 Å². The predicted molar refractivity (Wildman–Crippen MR) is 75.8 cm³/mol. The minimum Gasteiger partial charge on any atom is -0.484 e. The normalized spacial score (nSPS) is 10.3. The Bertz CT molecular complexity index is 410. The van der Waals surface area contributed by atoms with Crippen molar-refractivity contribution in [3.8, 4) is 5.75 Å². The fourth-order valence-electron chi connectivity index (χ4n) is 1.45. The molecule has 0 unspecified atom stereocenters. The molecule has 0 aliphatic heterocycles. The Morgan fingerprint density at radius 1 is 1.42 bits per heavy atom. The second kappa shape index (κ2) is 8.77. The minimum absolute atomic E-state index is 0.00963. The summed E-state index contributed by atoms with van der Waals surface area (Å²) in [5.41, 5.74) is 0.927. The van der Waals surface area contributed by atoms with Crippen molar-refractivity contribution in [1.29, 1.82) is 0 Å². The van der Waals surface area contributed by atoms with E-state index in [1.165, 1.54) is 0 Å². The second-order valence-corrected chi connectivity index (χ2v) is 4.51. The van der Waals surface area contributed by atoms with Crippen molar-refractivity contribution in [3.05, 3.63) is 28.8 Å². The number of carbonyl (C=O) groups excluding carboxylic acids is 1. The Balaban J connectivity index is 2.20. The molecule has 1 N–H and O–H groups in total. The first-order valence-electron chi connectivity index (χ1n) is 6.37. The quantitative estimate of drug-likeness (QED) is 0.747. The van der Waals surface area contributed by atoms with Crippen LogP contribution in [0, 0.1) is 6.92 Å². The summed E-state index contributed by atoms with van der Waals surface area (Å²) in [4.78, 5) is 11.5. The van der Waals surface area contributed by atoms with E-state index in [1.807, 2.05) is 19.9 Å². The molecule has 0 radical (unpaired) electrons. The second-order valence-electron chi connectivity index (χ2n) is 4.10. The van der Waals surface area contributed by atoms with E-state index in [0.717, 1.165) is 12.0 Å². The lowest BCUT2D eigenvalue weighted by Crippen LogP contribution is -2.30. The molecule has 1 amide bonds. The van der Waals surface area contributed by atoms with Gasteiger partial charge in [-0.3, -0.25) is 4.79 Å². The molecule has 1 aromatic carbocycles. The van der Waals surface area contributed by atoms with Crippen LogP contribution < -0.4 is 10.1 Å². The summed E-state index contributed by atoms with van der Waals surface area (Å²) in [6, 6.07) is 5.31. The summed E-state index contributed by atoms with van der Waals surface area (Å²) in [5.74, 6) is 0.510. The maximum Gasteiger partial charge on any atom is 0.257 e. The summed E-state index contributed by atoms with van der Waals surface area (Å²) in [7, 11) is 0. The standard InChI is InChI=1S/C14H20ClNO3/c1-3-18-8-4-7-16-14(17)10-19-12-5-6-13(15)11(2)9-12/h5-6,9H,3-4,7-8,10H2,1-2H3,(H,16,17). The monoisotopic (exact) mass is 285 g/mol. The third-order valence-corrected chi connectivity index (χ3v) is 2.92. The molecule has 0 bridgehead atoms. The highest BCUT2D eigenvalue weighted by molar-refractivity contribution is 6.31. The molecule has 0 aromatic heterocycles.